The molecule has 31 heavy (non-hydrogen) atoms. The maximum atomic E-state index is 12.9. The smallest absolute Gasteiger partial charge is 0.357 e. The SMILES string of the molecule is CC(=O)Nc1ccc(C(=O)N2CCC[C@@H](c3cc4nc(C(F)(F)F)ccc4[nH]3)C2)cc1. The van der Waals surface area contributed by atoms with Gasteiger partial charge in [-0.05, 0) is 55.3 Å². The van der Waals surface area contributed by atoms with E-state index in [4.69, 9.17) is 0 Å². The lowest BCUT2D eigenvalue weighted by atomic mass is 9.94. The number of aromatic nitrogens is 2. The normalized spacial score (nSPS) is 17.0. The van der Waals surface area contributed by atoms with Gasteiger partial charge in [0.05, 0.1) is 11.0 Å². The Labute approximate surface area is 176 Å². The van der Waals surface area contributed by atoms with E-state index in [1.807, 2.05) is 0 Å². The number of carbonyl (C=O) groups excluding carboxylic acids is 2. The third kappa shape index (κ3) is 4.55. The fourth-order valence-corrected chi connectivity index (χ4v) is 3.90. The lowest BCUT2D eigenvalue weighted by molar-refractivity contribution is -0.141. The van der Waals surface area contributed by atoms with E-state index >= 15 is 0 Å². The third-order valence-corrected chi connectivity index (χ3v) is 5.39. The van der Waals surface area contributed by atoms with Gasteiger partial charge in [0, 0.05) is 42.9 Å². The third-order valence-electron chi connectivity index (χ3n) is 5.39. The van der Waals surface area contributed by atoms with Crippen LogP contribution in [-0.2, 0) is 11.0 Å². The van der Waals surface area contributed by atoms with E-state index in [1.54, 1.807) is 35.2 Å². The summed E-state index contributed by atoms with van der Waals surface area (Å²) in [5.41, 5.74) is 1.79. The van der Waals surface area contributed by atoms with Gasteiger partial charge in [-0.1, -0.05) is 0 Å². The number of halogens is 3. The molecule has 1 saturated heterocycles. The van der Waals surface area contributed by atoms with Gasteiger partial charge in [0.2, 0.25) is 5.91 Å². The Morgan fingerprint density at radius 1 is 1.16 bits per heavy atom. The number of hydrogen-bond acceptors (Lipinski definition) is 3. The van der Waals surface area contributed by atoms with Gasteiger partial charge < -0.3 is 15.2 Å². The zero-order chi connectivity index (χ0) is 22.2. The lowest BCUT2D eigenvalue weighted by Gasteiger charge is -2.32. The Morgan fingerprint density at radius 2 is 1.90 bits per heavy atom. The van der Waals surface area contributed by atoms with Crippen LogP contribution < -0.4 is 5.32 Å². The summed E-state index contributed by atoms with van der Waals surface area (Å²) in [4.78, 5) is 32.7. The second-order valence-corrected chi connectivity index (χ2v) is 7.70. The molecule has 0 saturated carbocycles. The molecule has 2 aromatic heterocycles. The first-order valence-corrected chi connectivity index (χ1v) is 9.94. The number of likely N-dealkylation sites (tertiary alicyclic amines) is 1. The molecule has 1 fully saturated rings. The quantitative estimate of drug-likeness (QED) is 0.640. The van der Waals surface area contributed by atoms with Crippen molar-refractivity contribution in [2.24, 2.45) is 0 Å². The fraction of sp³-hybridized carbons (Fsp3) is 0.318. The number of aromatic amines is 1. The highest BCUT2D eigenvalue weighted by Gasteiger charge is 2.33. The van der Waals surface area contributed by atoms with E-state index in [1.165, 1.54) is 13.0 Å². The van der Waals surface area contributed by atoms with Crippen molar-refractivity contribution in [2.45, 2.75) is 31.9 Å². The second-order valence-electron chi connectivity index (χ2n) is 7.70. The second kappa shape index (κ2) is 8.05. The molecule has 9 heteroatoms. The molecule has 1 aromatic carbocycles. The van der Waals surface area contributed by atoms with Crippen molar-refractivity contribution in [2.75, 3.05) is 18.4 Å². The molecular weight excluding hydrogens is 409 g/mol. The van der Waals surface area contributed by atoms with Crippen LogP contribution in [0.2, 0.25) is 0 Å². The maximum absolute atomic E-state index is 12.9. The summed E-state index contributed by atoms with van der Waals surface area (Å²) >= 11 is 0. The van der Waals surface area contributed by atoms with Crippen molar-refractivity contribution < 1.29 is 22.8 Å². The number of nitrogens with one attached hydrogen (secondary N) is 2. The van der Waals surface area contributed by atoms with Crippen LogP contribution >= 0.6 is 0 Å². The minimum Gasteiger partial charge on any atom is -0.357 e. The number of alkyl halides is 3. The van der Waals surface area contributed by atoms with E-state index in [0.29, 0.717) is 29.9 Å². The van der Waals surface area contributed by atoms with Crippen LogP contribution in [0.25, 0.3) is 11.0 Å². The van der Waals surface area contributed by atoms with Crippen molar-refractivity contribution in [3.63, 3.8) is 0 Å². The Bertz CT molecular complexity index is 1120. The molecular formula is C22H21F3N4O2. The molecule has 0 bridgehead atoms. The highest BCUT2D eigenvalue weighted by Crippen LogP contribution is 2.32. The molecule has 3 aromatic rings. The molecule has 2 N–H and O–H groups in total. The zero-order valence-electron chi connectivity index (χ0n) is 16.8. The van der Waals surface area contributed by atoms with Gasteiger partial charge in [0.1, 0.15) is 5.69 Å². The number of nitrogens with zero attached hydrogens (tertiary/aromatic N) is 2. The molecule has 1 atom stereocenters. The maximum Gasteiger partial charge on any atom is 0.433 e. The van der Waals surface area contributed by atoms with E-state index in [9.17, 15) is 22.8 Å². The first-order chi connectivity index (χ1) is 14.7. The van der Waals surface area contributed by atoms with Gasteiger partial charge in [-0.3, -0.25) is 9.59 Å². The summed E-state index contributed by atoms with van der Waals surface area (Å²) in [7, 11) is 0. The molecule has 1 aliphatic heterocycles. The van der Waals surface area contributed by atoms with E-state index in [0.717, 1.165) is 24.6 Å². The number of fused-ring (bicyclic) bond motifs is 1. The van der Waals surface area contributed by atoms with Gasteiger partial charge in [0.15, 0.2) is 0 Å². The van der Waals surface area contributed by atoms with Crippen LogP contribution in [0.4, 0.5) is 18.9 Å². The van der Waals surface area contributed by atoms with Crippen molar-refractivity contribution in [3.05, 3.63) is 59.4 Å². The molecule has 3 heterocycles. The fourth-order valence-electron chi connectivity index (χ4n) is 3.90. The van der Waals surface area contributed by atoms with Crippen LogP contribution in [0.15, 0.2) is 42.5 Å². The standard InChI is InChI=1S/C22H21F3N4O2/c1-13(30)26-16-6-4-14(5-7-16)21(31)29-10-2-3-15(12-29)18-11-19-17(27-18)8-9-20(28-19)22(23,24)25/h4-9,11,15,27H,2-3,10,12H2,1H3,(H,26,30)/t15-/m1/s1. The molecule has 162 valence electrons. The molecule has 0 aliphatic carbocycles. The van der Waals surface area contributed by atoms with Crippen molar-refractivity contribution in [1.82, 2.24) is 14.9 Å². The average Bonchev–Trinajstić information content (AvgIpc) is 3.16. The minimum atomic E-state index is -4.49. The van der Waals surface area contributed by atoms with Crippen LogP contribution in [-0.4, -0.2) is 39.8 Å². The number of amides is 2. The molecule has 0 unspecified atom stereocenters. The van der Waals surface area contributed by atoms with Crippen molar-refractivity contribution >= 4 is 28.5 Å². The monoisotopic (exact) mass is 430 g/mol. The van der Waals surface area contributed by atoms with Crippen molar-refractivity contribution in [1.29, 1.82) is 0 Å². The summed E-state index contributed by atoms with van der Waals surface area (Å²) in [6.45, 7) is 2.49. The van der Waals surface area contributed by atoms with Crippen LogP contribution in [0.5, 0.6) is 0 Å². The topological polar surface area (TPSA) is 78.1 Å². The summed E-state index contributed by atoms with van der Waals surface area (Å²) < 4.78 is 38.8. The Morgan fingerprint density at radius 3 is 2.58 bits per heavy atom. The number of rotatable bonds is 3. The van der Waals surface area contributed by atoms with E-state index in [2.05, 4.69) is 15.3 Å². The summed E-state index contributed by atoms with van der Waals surface area (Å²) in [5, 5.41) is 2.66. The number of anilines is 1. The largest absolute Gasteiger partial charge is 0.433 e. The number of H-pyrrole nitrogens is 1. The summed E-state index contributed by atoms with van der Waals surface area (Å²) in [5.74, 6) is -0.319. The predicted molar refractivity (Wildman–Crippen MR) is 110 cm³/mol. The molecule has 6 nitrogen and oxygen atoms in total. The first-order valence-electron chi connectivity index (χ1n) is 9.94. The van der Waals surface area contributed by atoms with Gasteiger partial charge in [-0.15, -0.1) is 0 Å². The van der Waals surface area contributed by atoms with Crippen molar-refractivity contribution in [3.8, 4) is 0 Å². The number of benzene rings is 1. The number of piperidine rings is 1. The Balaban J connectivity index is 1.50. The summed E-state index contributed by atoms with van der Waals surface area (Å²) in [6, 6.07) is 10.7. The lowest BCUT2D eigenvalue weighted by Crippen LogP contribution is -2.39. The molecule has 0 spiro atoms. The minimum absolute atomic E-state index is 0.0140. The van der Waals surface area contributed by atoms with Crippen LogP contribution in [0.1, 0.15) is 47.4 Å². The molecule has 1 aliphatic rings. The highest BCUT2D eigenvalue weighted by atomic mass is 19.4. The molecule has 2 amide bonds. The number of carbonyl (C=O) groups is 2. The Hall–Kier alpha value is -3.36. The van der Waals surface area contributed by atoms with Crippen LogP contribution in [0, 0.1) is 0 Å². The van der Waals surface area contributed by atoms with Gasteiger partial charge in [-0.25, -0.2) is 4.98 Å². The van der Waals surface area contributed by atoms with Gasteiger partial charge in [-0.2, -0.15) is 13.2 Å². The number of pyridine rings is 1. The molecule has 4 rings (SSSR count). The highest BCUT2D eigenvalue weighted by molar-refractivity contribution is 5.95. The van der Waals surface area contributed by atoms with Crippen LogP contribution in [0.3, 0.4) is 0 Å². The Kier molecular flexibility index (Phi) is 5.43. The molecule has 0 radical (unpaired) electrons. The average molecular weight is 430 g/mol. The zero-order valence-corrected chi connectivity index (χ0v) is 16.8. The van der Waals surface area contributed by atoms with Gasteiger partial charge >= 0.3 is 6.18 Å². The predicted octanol–water partition coefficient (Wildman–Crippen LogP) is 4.56. The van der Waals surface area contributed by atoms with E-state index in [-0.39, 0.29) is 23.2 Å². The first kappa shape index (κ1) is 20.9. The van der Waals surface area contributed by atoms with Gasteiger partial charge in [0.25, 0.3) is 5.91 Å². The summed E-state index contributed by atoms with van der Waals surface area (Å²) in [6.07, 6.45) is -2.88. The number of hydrogen-bond donors (Lipinski definition) is 2. The van der Waals surface area contributed by atoms with E-state index < -0.39 is 11.9 Å².